The van der Waals surface area contributed by atoms with Crippen LogP contribution in [0.15, 0.2) is 0 Å². The Morgan fingerprint density at radius 2 is 2.45 bits per heavy atom. The smallest absolute Gasteiger partial charge is 0.124 e. The Balaban J connectivity index is 2.09. The summed E-state index contributed by atoms with van der Waals surface area (Å²) in [6.45, 7) is 2.16. The number of hydrogen-bond donors (Lipinski definition) is 0. The minimum absolute atomic E-state index is 0.268. The third kappa shape index (κ3) is 2.76. The lowest BCUT2D eigenvalue weighted by Crippen LogP contribution is -1.78. The van der Waals surface area contributed by atoms with Crippen molar-refractivity contribution in [3.8, 4) is 11.8 Å². The monoisotopic (exact) mass is 150 g/mol. The van der Waals surface area contributed by atoms with Gasteiger partial charge in [-0.2, -0.15) is 0 Å². The van der Waals surface area contributed by atoms with Crippen molar-refractivity contribution < 1.29 is 4.79 Å². The normalized spacial score (nSPS) is 27.0. The number of rotatable bonds is 3. The van der Waals surface area contributed by atoms with Gasteiger partial charge < -0.3 is 4.79 Å². The molecule has 1 nitrogen and oxygen atoms in total. The van der Waals surface area contributed by atoms with E-state index in [2.05, 4.69) is 18.8 Å². The largest absolute Gasteiger partial charge is 0.303 e. The van der Waals surface area contributed by atoms with E-state index in [4.69, 9.17) is 0 Å². The lowest BCUT2D eigenvalue weighted by molar-refractivity contribution is -0.108. The molecule has 0 N–H and O–H groups in total. The van der Waals surface area contributed by atoms with Gasteiger partial charge in [0.15, 0.2) is 0 Å². The first-order valence-corrected chi connectivity index (χ1v) is 4.32. The quantitative estimate of drug-likeness (QED) is 0.342. The second-order valence-electron chi connectivity index (χ2n) is 3.07. The van der Waals surface area contributed by atoms with Crippen LogP contribution in [0.3, 0.4) is 0 Å². The molecule has 0 amide bonds. The Morgan fingerprint density at radius 3 is 3.00 bits per heavy atom. The highest BCUT2D eigenvalue weighted by molar-refractivity contribution is 5.59. The molecule has 11 heavy (non-hydrogen) atoms. The summed E-state index contributed by atoms with van der Waals surface area (Å²) in [6, 6.07) is 0. The van der Waals surface area contributed by atoms with Crippen molar-refractivity contribution >= 4 is 6.29 Å². The summed E-state index contributed by atoms with van der Waals surface area (Å²) in [5, 5.41) is 0. The van der Waals surface area contributed by atoms with Crippen molar-refractivity contribution in [2.24, 2.45) is 11.8 Å². The average Bonchev–Trinajstić information content (AvgIpc) is 2.77. The molecule has 1 fully saturated rings. The summed E-state index contributed by atoms with van der Waals surface area (Å²) in [5.41, 5.74) is 0. The van der Waals surface area contributed by atoms with Crippen LogP contribution < -0.4 is 0 Å². The second kappa shape index (κ2) is 4.18. The van der Waals surface area contributed by atoms with E-state index in [0.29, 0.717) is 5.92 Å². The maximum absolute atomic E-state index is 10.2. The highest BCUT2D eigenvalue weighted by Gasteiger charge is 2.34. The van der Waals surface area contributed by atoms with E-state index in [1.807, 2.05) is 0 Å². The van der Waals surface area contributed by atoms with Crippen molar-refractivity contribution in [2.75, 3.05) is 0 Å². The molecule has 2 atom stereocenters. The predicted octanol–water partition coefficient (Wildman–Crippen LogP) is 2.02. The van der Waals surface area contributed by atoms with Crippen molar-refractivity contribution in [2.45, 2.75) is 32.6 Å². The maximum Gasteiger partial charge on any atom is 0.124 e. The van der Waals surface area contributed by atoms with Gasteiger partial charge in [-0.15, -0.1) is 5.92 Å². The molecule has 0 unspecified atom stereocenters. The van der Waals surface area contributed by atoms with E-state index in [9.17, 15) is 4.79 Å². The van der Waals surface area contributed by atoms with Gasteiger partial charge in [-0.1, -0.05) is 19.3 Å². The fourth-order valence-corrected chi connectivity index (χ4v) is 0.999. The van der Waals surface area contributed by atoms with Gasteiger partial charge in [0.2, 0.25) is 0 Å². The molecule has 1 heteroatoms. The molecule has 60 valence electrons. The lowest BCUT2D eigenvalue weighted by atomic mass is 10.2. The van der Waals surface area contributed by atoms with Crippen molar-refractivity contribution in [1.29, 1.82) is 0 Å². The summed E-state index contributed by atoms with van der Waals surface area (Å²) in [7, 11) is 0. The molecular formula is C10H14O. The van der Waals surface area contributed by atoms with Gasteiger partial charge in [-0.3, -0.25) is 0 Å². The molecule has 0 radical (unpaired) electrons. The number of aldehydes is 1. The summed E-state index contributed by atoms with van der Waals surface area (Å²) >= 11 is 0. The topological polar surface area (TPSA) is 17.1 Å². The van der Waals surface area contributed by atoms with Crippen LogP contribution in [0.5, 0.6) is 0 Å². The van der Waals surface area contributed by atoms with Gasteiger partial charge in [0.1, 0.15) is 6.29 Å². The van der Waals surface area contributed by atoms with Crippen LogP contribution in [0.1, 0.15) is 32.6 Å². The number of unbranched alkanes of at least 4 members (excludes halogenated alkanes) is 2. The van der Waals surface area contributed by atoms with E-state index in [1.54, 1.807) is 0 Å². The molecule has 0 saturated heterocycles. The Morgan fingerprint density at radius 1 is 1.64 bits per heavy atom. The van der Waals surface area contributed by atoms with Gasteiger partial charge >= 0.3 is 0 Å². The zero-order valence-corrected chi connectivity index (χ0v) is 6.97. The molecule has 1 aliphatic rings. The molecule has 1 rings (SSSR count). The molecule has 1 aliphatic carbocycles. The van der Waals surface area contributed by atoms with Gasteiger partial charge in [0.25, 0.3) is 0 Å². The van der Waals surface area contributed by atoms with Gasteiger partial charge in [-0.25, -0.2) is 0 Å². The number of carbonyl (C=O) groups excluding carboxylic acids is 1. The SMILES string of the molecule is CCCCC#C[C@H]1C[C@H]1C=O. The molecular weight excluding hydrogens is 136 g/mol. The van der Waals surface area contributed by atoms with Crippen LogP contribution >= 0.6 is 0 Å². The fourth-order valence-electron chi connectivity index (χ4n) is 0.999. The minimum atomic E-state index is 0.268. The molecule has 0 aromatic heterocycles. The van der Waals surface area contributed by atoms with Crippen LogP contribution in [0.25, 0.3) is 0 Å². The Labute approximate surface area is 68.2 Å². The summed E-state index contributed by atoms with van der Waals surface area (Å²) in [6.07, 6.45) is 5.42. The van der Waals surface area contributed by atoms with Crippen LogP contribution in [0.2, 0.25) is 0 Å². The highest BCUT2D eigenvalue weighted by atomic mass is 16.1. The summed E-state index contributed by atoms with van der Waals surface area (Å²) < 4.78 is 0. The van der Waals surface area contributed by atoms with E-state index in [1.165, 1.54) is 12.8 Å². The Bertz CT molecular complexity index is 185. The van der Waals surface area contributed by atoms with E-state index in [0.717, 1.165) is 19.1 Å². The van der Waals surface area contributed by atoms with Crippen LogP contribution in [-0.2, 0) is 4.79 Å². The van der Waals surface area contributed by atoms with Gasteiger partial charge in [0.05, 0.1) is 0 Å². The molecule has 0 aromatic rings. The highest BCUT2D eigenvalue weighted by Crippen LogP contribution is 2.35. The summed E-state index contributed by atoms with van der Waals surface area (Å²) in [4.78, 5) is 10.2. The van der Waals surface area contributed by atoms with Crippen LogP contribution in [0.4, 0.5) is 0 Å². The molecule has 0 bridgehead atoms. The molecule has 0 aromatic carbocycles. The zero-order chi connectivity index (χ0) is 8.10. The predicted molar refractivity (Wildman–Crippen MR) is 45.0 cm³/mol. The van der Waals surface area contributed by atoms with E-state index in [-0.39, 0.29) is 5.92 Å². The first-order valence-electron chi connectivity index (χ1n) is 4.32. The standard InChI is InChI=1S/C10H14O/c1-2-3-4-5-6-9-7-10(9)8-11/h8-10H,2-4,7H2,1H3/t9-,10-/m0/s1. The van der Waals surface area contributed by atoms with Crippen molar-refractivity contribution in [3.63, 3.8) is 0 Å². The Hall–Kier alpha value is -0.770. The Kier molecular flexibility index (Phi) is 3.16. The molecule has 0 aliphatic heterocycles. The van der Waals surface area contributed by atoms with Crippen molar-refractivity contribution in [3.05, 3.63) is 0 Å². The summed E-state index contributed by atoms with van der Waals surface area (Å²) in [5.74, 6) is 6.89. The van der Waals surface area contributed by atoms with E-state index >= 15 is 0 Å². The first-order chi connectivity index (χ1) is 5.38. The minimum Gasteiger partial charge on any atom is -0.303 e. The fraction of sp³-hybridized carbons (Fsp3) is 0.700. The number of hydrogen-bond acceptors (Lipinski definition) is 1. The third-order valence-corrected chi connectivity index (χ3v) is 1.96. The van der Waals surface area contributed by atoms with Crippen molar-refractivity contribution in [1.82, 2.24) is 0 Å². The lowest BCUT2D eigenvalue weighted by Gasteiger charge is -1.83. The molecule has 0 spiro atoms. The maximum atomic E-state index is 10.2. The van der Waals surface area contributed by atoms with E-state index < -0.39 is 0 Å². The average molecular weight is 150 g/mol. The zero-order valence-electron chi connectivity index (χ0n) is 6.97. The van der Waals surface area contributed by atoms with Crippen LogP contribution in [0, 0.1) is 23.7 Å². The van der Waals surface area contributed by atoms with Gasteiger partial charge in [0, 0.05) is 18.3 Å². The van der Waals surface area contributed by atoms with Crippen LogP contribution in [-0.4, -0.2) is 6.29 Å². The third-order valence-electron chi connectivity index (χ3n) is 1.96. The first kappa shape index (κ1) is 8.33. The molecule has 1 saturated carbocycles. The second-order valence-corrected chi connectivity index (χ2v) is 3.07. The number of carbonyl (C=O) groups is 1. The molecule has 0 heterocycles. The van der Waals surface area contributed by atoms with Gasteiger partial charge in [-0.05, 0) is 12.8 Å².